The quantitative estimate of drug-likeness (QED) is 0.238. The summed E-state index contributed by atoms with van der Waals surface area (Å²) >= 11 is 0. The van der Waals surface area contributed by atoms with E-state index in [-0.39, 0.29) is 5.91 Å². The van der Waals surface area contributed by atoms with E-state index in [1.165, 1.54) is 11.6 Å². The SMILES string of the molecule is Nc1ccccc1NC(=O)/C=C/c1cccc(CN(Cc2ccccc2)c2ccccc2N)c1. The van der Waals surface area contributed by atoms with Gasteiger partial charge in [0.25, 0.3) is 0 Å². The molecule has 0 radical (unpaired) electrons. The van der Waals surface area contributed by atoms with Gasteiger partial charge in [0.05, 0.1) is 22.7 Å². The van der Waals surface area contributed by atoms with E-state index in [2.05, 4.69) is 34.5 Å². The van der Waals surface area contributed by atoms with Crippen molar-refractivity contribution in [3.8, 4) is 0 Å². The standard InChI is InChI=1S/C29H28N4O/c30-25-13-4-6-15-27(25)32-29(34)18-17-22-11-8-12-24(19-22)21-33(20-23-9-2-1-3-10-23)28-16-7-5-14-26(28)31/h1-19H,20-21,30-31H2,(H,32,34)/b18-17+. The first-order valence-electron chi connectivity index (χ1n) is 11.1. The molecule has 5 nitrogen and oxygen atoms in total. The molecule has 0 aliphatic rings. The first-order valence-corrected chi connectivity index (χ1v) is 11.1. The molecule has 0 saturated heterocycles. The molecule has 0 fully saturated rings. The molecule has 0 aliphatic heterocycles. The molecular weight excluding hydrogens is 420 g/mol. The lowest BCUT2D eigenvalue weighted by molar-refractivity contribution is -0.111. The Hall–Kier alpha value is -4.51. The maximum Gasteiger partial charge on any atom is 0.248 e. The Morgan fingerprint density at radius 2 is 1.38 bits per heavy atom. The van der Waals surface area contributed by atoms with Crippen LogP contribution in [0.4, 0.5) is 22.7 Å². The van der Waals surface area contributed by atoms with Crippen LogP contribution in [0.3, 0.4) is 0 Å². The van der Waals surface area contributed by atoms with Gasteiger partial charge >= 0.3 is 0 Å². The summed E-state index contributed by atoms with van der Waals surface area (Å²) in [5, 5.41) is 2.81. The van der Waals surface area contributed by atoms with Crippen LogP contribution in [0.5, 0.6) is 0 Å². The number of nitrogens with zero attached hydrogens (tertiary/aromatic N) is 1. The normalized spacial score (nSPS) is 10.8. The van der Waals surface area contributed by atoms with Gasteiger partial charge in [-0.15, -0.1) is 0 Å². The third-order valence-corrected chi connectivity index (χ3v) is 5.46. The minimum absolute atomic E-state index is 0.230. The minimum atomic E-state index is -0.230. The molecule has 4 rings (SSSR count). The number of nitrogens with two attached hydrogens (primary N) is 2. The summed E-state index contributed by atoms with van der Waals surface area (Å²) in [6.07, 6.45) is 3.32. The number of benzene rings is 4. The van der Waals surface area contributed by atoms with E-state index in [1.54, 1.807) is 18.2 Å². The fourth-order valence-corrected chi connectivity index (χ4v) is 3.78. The van der Waals surface area contributed by atoms with E-state index in [1.807, 2.05) is 66.7 Å². The highest BCUT2D eigenvalue weighted by atomic mass is 16.1. The van der Waals surface area contributed by atoms with Crippen molar-refractivity contribution in [1.29, 1.82) is 0 Å². The summed E-state index contributed by atoms with van der Waals surface area (Å²) in [5.74, 6) is -0.230. The van der Waals surface area contributed by atoms with Gasteiger partial charge in [0.2, 0.25) is 5.91 Å². The zero-order valence-corrected chi connectivity index (χ0v) is 18.9. The Bertz CT molecular complexity index is 1280. The number of nitrogen functional groups attached to an aromatic ring is 2. The van der Waals surface area contributed by atoms with E-state index >= 15 is 0 Å². The molecule has 0 aliphatic carbocycles. The number of nitrogens with one attached hydrogen (secondary N) is 1. The number of para-hydroxylation sites is 4. The number of hydrogen-bond donors (Lipinski definition) is 3. The molecule has 1 amide bonds. The van der Waals surface area contributed by atoms with Gasteiger partial charge in [-0.3, -0.25) is 4.79 Å². The summed E-state index contributed by atoms with van der Waals surface area (Å²) in [6.45, 7) is 1.41. The van der Waals surface area contributed by atoms with Gasteiger partial charge in [-0.2, -0.15) is 0 Å². The van der Waals surface area contributed by atoms with E-state index in [0.717, 1.165) is 29.0 Å². The number of amides is 1. The summed E-state index contributed by atoms with van der Waals surface area (Å²) in [5.41, 5.74) is 18.3. The van der Waals surface area contributed by atoms with E-state index in [0.29, 0.717) is 17.9 Å². The molecule has 5 N–H and O–H groups in total. The molecule has 170 valence electrons. The Morgan fingerprint density at radius 1 is 0.735 bits per heavy atom. The fraction of sp³-hybridized carbons (Fsp3) is 0.0690. The molecular formula is C29H28N4O. The van der Waals surface area contributed by atoms with Gasteiger partial charge in [-0.05, 0) is 53.1 Å². The molecule has 0 unspecified atom stereocenters. The highest BCUT2D eigenvalue weighted by Gasteiger charge is 2.11. The highest BCUT2D eigenvalue weighted by Crippen LogP contribution is 2.26. The fourth-order valence-electron chi connectivity index (χ4n) is 3.78. The molecule has 0 atom stereocenters. The summed E-state index contributed by atoms with van der Waals surface area (Å²) in [6, 6.07) is 33.6. The second-order valence-electron chi connectivity index (χ2n) is 8.06. The van der Waals surface area contributed by atoms with Crippen molar-refractivity contribution in [1.82, 2.24) is 0 Å². The molecule has 0 aromatic heterocycles. The number of rotatable bonds is 8. The zero-order valence-electron chi connectivity index (χ0n) is 18.9. The predicted octanol–water partition coefficient (Wildman–Crippen LogP) is 5.71. The number of carbonyl (C=O) groups is 1. The molecule has 0 heterocycles. The zero-order chi connectivity index (χ0) is 23.8. The first-order chi connectivity index (χ1) is 16.6. The van der Waals surface area contributed by atoms with Crippen LogP contribution < -0.4 is 21.7 Å². The Kier molecular flexibility index (Phi) is 7.25. The third-order valence-electron chi connectivity index (χ3n) is 5.46. The van der Waals surface area contributed by atoms with Gasteiger partial charge in [-0.25, -0.2) is 0 Å². The lowest BCUT2D eigenvalue weighted by Crippen LogP contribution is -2.23. The van der Waals surface area contributed by atoms with Crippen molar-refractivity contribution >= 4 is 34.7 Å². The Labute approximate surface area is 200 Å². The van der Waals surface area contributed by atoms with Crippen LogP contribution in [-0.2, 0) is 17.9 Å². The first kappa shape index (κ1) is 22.7. The third kappa shape index (κ3) is 6.04. The molecule has 5 heteroatoms. The topological polar surface area (TPSA) is 84.4 Å². The van der Waals surface area contributed by atoms with Crippen molar-refractivity contribution in [2.24, 2.45) is 0 Å². The maximum absolute atomic E-state index is 12.4. The second kappa shape index (κ2) is 10.9. The van der Waals surface area contributed by atoms with Crippen molar-refractivity contribution in [3.63, 3.8) is 0 Å². The largest absolute Gasteiger partial charge is 0.397 e. The van der Waals surface area contributed by atoms with Crippen LogP contribution in [0.25, 0.3) is 6.08 Å². The number of anilines is 4. The van der Waals surface area contributed by atoms with E-state index in [9.17, 15) is 4.79 Å². The van der Waals surface area contributed by atoms with E-state index < -0.39 is 0 Å². The monoisotopic (exact) mass is 448 g/mol. The van der Waals surface area contributed by atoms with Gasteiger partial charge in [0.15, 0.2) is 0 Å². The Morgan fingerprint density at radius 3 is 2.15 bits per heavy atom. The summed E-state index contributed by atoms with van der Waals surface area (Å²) in [4.78, 5) is 14.6. The van der Waals surface area contributed by atoms with Crippen LogP contribution in [-0.4, -0.2) is 5.91 Å². The smallest absolute Gasteiger partial charge is 0.248 e. The van der Waals surface area contributed by atoms with Gasteiger partial charge < -0.3 is 21.7 Å². The molecule has 4 aromatic rings. The summed E-state index contributed by atoms with van der Waals surface area (Å²) in [7, 11) is 0. The predicted molar refractivity (Wildman–Crippen MR) is 142 cm³/mol. The number of carbonyl (C=O) groups excluding carboxylic acids is 1. The number of hydrogen-bond acceptors (Lipinski definition) is 4. The average molecular weight is 449 g/mol. The molecule has 0 spiro atoms. The van der Waals surface area contributed by atoms with Gasteiger partial charge in [0, 0.05) is 19.2 Å². The summed E-state index contributed by atoms with van der Waals surface area (Å²) < 4.78 is 0. The molecule has 0 saturated carbocycles. The van der Waals surface area contributed by atoms with Crippen LogP contribution in [0.15, 0.2) is 109 Å². The van der Waals surface area contributed by atoms with Crippen molar-refractivity contribution < 1.29 is 4.79 Å². The van der Waals surface area contributed by atoms with Crippen molar-refractivity contribution in [3.05, 3.63) is 126 Å². The lowest BCUT2D eigenvalue weighted by Gasteiger charge is -2.26. The van der Waals surface area contributed by atoms with Crippen molar-refractivity contribution in [2.45, 2.75) is 13.1 Å². The van der Waals surface area contributed by atoms with Gasteiger partial charge in [-0.1, -0.05) is 72.8 Å². The second-order valence-corrected chi connectivity index (χ2v) is 8.06. The van der Waals surface area contributed by atoms with Crippen molar-refractivity contribution in [2.75, 3.05) is 21.7 Å². The molecule has 0 bridgehead atoms. The molecule has 4 aromatic carbocycles. The minimum Gasteiger partial charge on any atom is -0.397 e. The Balaban J connectivity index is 1.50. The van der Waals surface area contributed by atoms with Crippen LogP contribution in [0, 0.1) is 0 Å². The average Bonchev–Trinajstić information content (AvgIpc) is 2.85. The van der Waals surface area contributed by atoms with Crippen LogP contribution >= 0.6 is 0 Å². The highest BCUT2D eigenvalue weighted by molar-refractivity contribution is 6.03. The lowest BCUT2D eigenvalue weighted by atomic mass is 10.1. The van der Waals surface area contributed by atoms with E-state index in [4.69, 9.17) is 11.5 Å². The van der Waals surface area contributed by atoms with Gasteiger partial charge in [0.1, 0.15) is 0 Å². The van der Waals surface area contributed by atoms with Crippen LogP contribution in [0.2, 0.25) is 0 Å². The van der Waals surface area contributed by atoms with Crippen LogP contribution in [0.1, 0.15) is 16.7 Å². The molecule has 34 heavy (non-hydrogen) atoms. The maximum atomic E-state index is 12.4.